The van der Waals surface area contributed by atoms with Crippen LogP contribution in [0.1, 0.15) is 309 Å². The number of quaternary nitrogens is 1. The van der Waals surface area contributed by atoms with Gasteiger partial charge in [0.1, 0.15) is 13.2 Å². The van der Waals surface area contributed by atoms with Crippen LogP contribution in [0.4, 0.5) is 0 Å². The molecule has 0 aromatic rings. The van der Waals surface area contributed by atoms with Crippen LogP contribution in [-0.4, -0.2) is 73.4 Å². The summed E-state index contributed by atoms with van der Waals surface area (Å²) in [5.41, 5.74) is 0. The average molecular weight is 985 g/mol. The summed E-state index contributed by atoms with van der Waals surface area (Å²) >= 11 is 0. The summed E-state index contributed by atoms with van der Waals surface area (Å²) in [6.45, 7) is 4.94. The first-order valence-electron chi connectivity index (χ1n) is 30.1. The second-order valence-corrected chi connectivity index (χ2v) is 23.5. The fourth-order valence-corrected chi connectivity index (χ4v) is 10.0. The molecule has 0 aromatic carbocycles. The Kier molecular flexibility index (Phi) is 50.6. The van der Waals surface area contributed by atoms with Crippen molar-refractivity contribution in [3.8, 4) is 0 Å². The normalized spacial score (nSPS) is 13.9. The number of carbonyl (C=O) groups excluding carboxylic acids is 1. The quantitative estimate of drug-likeness (QED) is 0.0243. The number of carbonyl (C=O) groups is 1. The number of nitrogens with zero attached hydrogens (tertiary/aromatic N) is 1. The summed E-state index contributed by atoms with van der Waals surface area (Å²) < 4.78 is 23.8. The first-order chi connectivity index (χ1) is 33.0. The molecule has 68 heavy (non-hydrogen) atoms. The van der Waals surface area contributed by atoms with E-state index in [1.165, 1.54) is 244 Å². The zero-order valence-corrected chi connectivity index (χ0v) is 47.3. The molecule has 0 rings (SSSR count). The molecular formula is C59H120N2O6P+. The van der Waals surface area contributed by atoms with Crippen LogP contribution in [0.2, 0.25) is 0 Å². The van der Waals surface area contributed by atoms with Gasteiger partial charge in [-0.05, 0) is 38.5 Å². The molecule has 406 valence electrons. The molecule has 0 fully saturated rings. The number of amides is 1. The number of aliphatic hydroxyl groups is 1. The van der Waals surface area contributed by atoms with Gasteiger partial charge in [-0.25, -0.2) is 4.57 Å². The molecule has 0 aromatic heterocycles. The number of rotatable bonds is 56. The number of hydrogen-bond donors (Lipinski definition) is 3. The number of nitrogens with one attached hydrogen (secondary N) is 1. The second kappa shape index (κ2) is 51.2. The molecule has 8 nitrogen and oxygen atoms in total. The molecule has 0 aliphatic carbocycles. The molecule has 0 bridgehead atoms. The van der Waals surface area contributed by atoms with Crippen molar-refractivity contribution in [1.82, 2.24) is 5.32 Å². The van der Waals surface area contributed by atoms with Crippen LogP contribution >= 0.6 is 7.82 Å². The van der Waals surface area contributed by atoms with Crippen molar-refractivity contribution in [3.05, 3.63) is 12.2 Å². The fourth-order valence-electron chi connectivity index (χ4n) is 9.28. The van der Waals surface area contributed by atoms with E-state index in [4.69, 9.17) is 9.05 Å². The van der Waals surface area contributed by atoms with Crippen molar-refractivity contribution in [3.63, 3.8) is 0 Å². The highest BCUT2D eigenvalue weighted by molar-refractivity contribution is 7.47. The summed E-state index contributed by atoms with van der Waals surface area (Å²) in [4.78, 5) is 23.4. The average Bonchev–Trinajstić information content (AvgIpc) is 3.30. The molecule has 3 N–H and O–H groups in total. The summed E-state index contributed by atoms with van der Waals surface area (Å²) in [5, 5.41) is 14.1. The number of allylic oxidation sites excluding steroid dienone is 2. The predicted octanol–water partition coefficient (Wildman–Crippen LogP) is 18.2. The highest BCUT2D eigenvalue weighted by Crippen LogP contribution is 2.43. The van der Waals surface area contributed by atoms with Crippen LogP contribution in [0.5, 0.6) is 0 Å². The van der Waals surface area contributed by atoms with Crippen LogP contribution in [0.15, 0.2) is 12.2 Å². The molecule has 0 saturated heterocycles. The van der Waals surface area contributed by atoms with Crippen LogP contribution in [0, 0.1) is 0 Å². The smallest absolute Gasteiger partial charge is 0.391 e. The Balaban J connectivity index is 4.13. The predicted molar refractivity (Wildman–Crippen MR) is 295 cm³/mol. The Labute approximate surface area is 424 Å². The highest BCUT2D eigenvalue weighted by Gasteiger charge is 2.28. The van der Waals surface area contributed by atoms with Gasteiger partial charge in [-0.15, -0.1) is 0 Å². The molecule has 3 atom stereocenters. The van der Waals surface area contributed by atoms with Gasteiger partial charge in [0.15, 0.2) is 0 Å². The van der Waals surface area contributed by atoms with E-state index < -0.39 is 20.0 Å². The third kappa shape index (κ3) is 53.0. The van der Waals surface area contributed by atoms with Crippen LogP contribution in [0.3, 0.4) is 0 Å². The number of hydrogen-bond acceptors (Lipinski definition) is 5. The lowest BCUT2D eigenvalue weighted by Gasteiger charge is -2.26. The molecule has 0 heterocycles. The summed E-state index contributed by atoms with van der Waals surface area (Å²) in [7, 11) is 1.63. The number of likely N-dealkylation sites (N-methyl/N-ethyl adjacent to an activating group) is 1. The van der Waals surface area contributed by atoms with E-state index in [1.54, 1.807) is 0 Å². The summed E-state index contributed by atoms with van der Waals surface area (Å²) in [5.74, 6) is -0.143. The zero-order chi connectivity index (χ0) is 49.9. The van der Waals surface area contributed by atoms with Gasteiger partial charge in [-0.2, -0.15) is 0 Å². The Morgan fingerprint density at radius 2 is 0.794 bits per heavy atom. The van der Waals surface area contributed by atoms with Crippen molar-refractivity contribution in [2.45, 2.75) is 321 Å². The Morgan fingerprint density at radius 1 is 0.485 bits per heavy atom. The third-order valence-electron chi connectivity index (χ3n) is 14.0. The minimum atomic E-state index is -4.32. The standard InChI is InChI=1S/C59H119N2O6P/c1-6-8-10-12-14-16-18-20-22-24-26-28-29-30-31-33-34-36-38-40-42-44-46-48-50-52-58(62)57(56-67-68(64,65)66-55-54-61(3,4)5)60-59(63)53-51-49-47-45-43-41-39-37-35-32-27-25-23-21-19-17-15-13-11-9-7-2/h32,35,57-58,62H,6-31,33-34,36-56H2,1-5H3,(H-,60,63,64,65)/p+1/b35-32-. The second-order valence-electron chi connectivity index (χ2n) is 22.1. The largest absolute Gasteiger partial charge is 0.472 e. The van der Waals surface area contributed by atoms with E-state index in [1.807, 2.05) is 21.1 Å². The minimum Gasteiger partial charge on any atom is -0.391 e. The molecule has 0 aliphatic rings. The molecule has 0 aliphatic heterocycles. The lowest BCUT2D eigenvalue weighted by molar-refractivity contribution is -0.870. The number of phosphoric acid groups is 1. The van der Waals surface area contributed by atoms with E-state index in [-0.39, 0.29) is 19.1 Å². The first-order valence-corrected chi connectivity index (χ1v) is 31.5. The number of aliphatic hydroxyl groups excluding tert-OH is 1. The maximum Gasteiger partial charge on any atom is 0.472 e. The number of phosphoric ester groups is 1. The molecule has 9 heteroatoms. The topological polar surface area (TPSA) is 105 Å². The lowest BCUT2D eigenvalue weighted by Crippen LogP contribution is -2.46. The molecule has 1 amide bonds. The third-order valence-corrected chi connectivity index (χ3v) is 15.0. The minimum absolute atomic E-state index is 0.0763. The van der Waals surface area contributed by atoms with Gasteiger partial charge in [0, 0.05) is 6.42 Å². The molecular weight excluding hydrogens is 864 g/mol. The van der Waals surface area contributed by atoms with Crippen molar-refractivity contribution < 1.29 is 32.9 Å². The number of unbranched alkanes of at least 4 members (excludes halogenated alkanes) is 41. The van der Waals surface area contributed by atoms with E-state index in [0.29, 0.717) is 23.9 Å². The zero-order valence-electron chi connectivity index (χ0n) is 46.4. The van der Waals surface area contributed by atoms with Crippen molar-refractivity contribution in [1.29, 1.82) is 0 Å². The van der Waals surface area contributed by atoms with Gasteiger partial charge in [0.25, 0.3) is 0 Å². The van der Waals surface area contributed by atoms with Crippen molar-refractivity contribution >= 4 is 13.7 Å². The maximum atomic E-state index is 13.0. The molecule has 0 radical (unpaired) electrons. The van der Waals surface area contributed by atoms with E-state index in [9.17, 15) is 19.4 Å². The Hall–Kier alpha value is -0.760. The molecule has 0 spiro atoms. The van der Waals surface area contributed by atoms with E-state index >= 15 is 0 Å². The molecule has 0 saturated carbocycles. The van der Waals surface area contributed by atoms with Gasteiger partial charge in [0.05, 0.1) is 39.9 Å². The summed E-state index contributed by atoms with van der Waals surface area (Å²) in [6, 6.07) is -0.761. The van der Waals surface area contributed by atoms with Gasteiger partial charge < -0.3 is 19.8 Å². The van der Waals surface area contributed by atoms with E-state index in [0.717, 1.165) is 38.5 Å². The SMILES string of the molecule is CCCCCCCCCCCC/C=C\CCCCCCCCCC(=O)NC(COP(=O)(O)OCC[N+](C)(C)C)C(O)CCCCCCCCCCCCCCCCCCCCCCCCCCC. The summed E-state index contributed by atoms with van der Waals surface area (Å²) in [6.07, 6.45) is 62.7. The van der Waals surface area contributed by atoms with Crippen molar-refractivity contribution in [2.75, 3.05) is 40.9 Å². The monoisotopic (exact) mass is 984 g/mol. The van der Waals surface area contributed by atoms with Crippen LogP contribution < -0.4 is 5.32 Å². The van der Waals surface area contributed by atoms with Gasteiger partial charge in [0.2, 0.25) is 5.91 Å². The maximum absolute atomic E-state index is 13.0. The highest BCUT2D eigenvalue weighted by atomic mass is 31.2. The molecule has 3 unspecified atom stereocenters. The Bertz CT molecular complexity index is 1120. The van der Waals surface area contributed by atoms with Crippen LogP contribution in [-0.2, 0) is 18.4 Å². The van der Waals surface area contributed by atoms with Crippen LogP contribution in [0.25, 0.3) is 0 Å². The van der Waals surface area contributed by atoms with Gasteiger partial charge in [-0.3, -0.25) is 13.8 Å². The fraction of sp³-hybridized carbons (Fsp3) is 0.949. The first kappa shape index (κ1) is 67.2. The van der Waals surface area contributed by atoms with Gasteiger partial charge >= 0.3 is 7.82 Å². The van der Waals surface area contributed by atoms with Crippen molar-refractivity contribution in [2.24, 2.45) is 0 Å². The Morgan fingerprint density at radius 3 is 1.13 bits per heavy atom. The van der Waals surface area contributed by atoms with E-state index in [2.05, 4.69) is 31.3 Å². The lowest BCUT2D eigenvalue weighted by atomic mass is 10.0. The van der Waals surface area contributed by atoms with Gasteiger partial charge in [-0.1, -0.05) is 276 Å².